The molecule has 2 heteroatoms. The molecule has 22 heavy (non-hydrogen) atoms. The molecule has 0 spiro atoms. The number of hydrogen-bond acceptors (Lipinski definition) is 1. The van der Waals surface area contributed by atoms with Crippen molar-refractivity contribution >= 4 is 0 Å². The van der Waals surface area contributed by atoms with E-state index >= 15 is 0 Å². The second-order valence-electron chi connectivity index (χ2n) is 6.50. The van der Waals surface area contributed by atoms with E-state index in [-0.39, 0.29) is 5.41 Å². The lowest BCUT2D eigenvalue weighted by molar-refractivity contribution is -0.596. The summed E-state index contributed by atoms with van der Waals surface area (Å²) >= 11 is 0. The quantitative estimate of drug-likeness (QED) is 0.642. The lowest BCUT2D eigenvalue weighted by Crippen LogP contribution is -2.33. The molecule has 0 N–H and O–H groups in total. The first-order valence-corrected chi connectivity index (χ1v) is 7.57. The zero-order valence-electron chi connectivity index (χ0n) is 13.3. The van der Waals surface area contributed by atoms with Gasteiger partial charge in [-0.2, -0.15) is 4.57 Å². The fraction of sp³-hybridized carbons (Fsp3) is 0.200. The molecular formula is C20H21N2+. The van der Waals surface area contributed by atoms with Gasteiger partial charge in [0.2, 0.25) is 5.69 Å². The van der Waals surface area contributed by atoms with Crippen molar-refractivity contribution in [1.29, 1.82) is 0 Å². The van der Waals surface area contributed by atoms with Crippen LogP contribution in [0.25, 0.3) is 16.8 Å². The molecule has 0 amide bonds. The predicted octanol–water partition coefficient (Wildman–Crippen LogP) is 4.32. The van der Waals surface area contributed by atoms with E-state index in [0.717, 1.165) is 0 Å². The minimum Gasteiger partial charge on any atom is -0.265 e. The highest BCUT2D eigenvalue weighted by molar-refractivity contribution is 5.61. The second-order valence-corrected chi connectivity index (χ2v) is 6.50. The smallest absolute Gasteiger partial charge is 0.214 e. The summed E-state index contributed by atoms with van der Waals surface area (Å²) in [6, 6.07) is 16.9. The third-order valence-electron chi connectivity index (χ3n) is 3.83. The van der Waals surface area contributed by atoms with Crippen LogP contribution >= 0.6 is 0 Å². The molecule has 1 aromatic carbocycles. The first-order valence-electron chi connectivity index (χ1n) is 7.57. The molecule has 0 aliphatic heterocycles. The number of pyridine rings is 2. The molecule has 2 heterocycles. The van der Waals surface area contributed by atoms with Crippen molar-refractivity contribution in [3.8, 4) is 16.8 Å². The molecule has 0 unspecified atom stereocenters. The van der Waals surface area contributed by atoms with Gasteiger partial charge in [-0.3, -0.25) is 4.98 Å². The molecule has 0 saturated heterocycles. The molecule has 2 aromatic heterocycles. The third-order valence-corrected chi connectivity index (χ3v) is 3.83. The van der Waals surface area contributed by atoms with Gasteiger partial charge >= 0.3 is 0 Å². The second kappa shape index (κ2) is 5.72. The van der Waals surface area contributed by atoms with Crippen LogP contribution in [0.4, 0.5) is 0 Å². The van der Waals surface area contributed by atoms with Gasteiger partial charge in [0.05, 0.1) is 0 Å². The van der Waals surface area contributed by atoms with Crippen LogP contribution in [-0.2, 0) is 5.41 Å². The summed E-state index contributed by atoms with van der Waals surface area (Å²) in [5, 5.41) is 0. The maximum absolute atomic E-state index is 4.07. The Hall–Kier alpha value is -2.48. The lowest BCUT2D eigenvalue weighted by Gasteiger charge is -2.19. The van der Waals surface area contributed by atoms with Crippen LogP contribution in [0.15, 0.2) is 73.3 Å². The Morgan fingerprint density at radius 2 is 1.36 bits per heavy atom. The standard InChI is InChI=1S/C20H21N2/c1-20(2,3)18-6-4-5-7-19(18)22-14-10-17(11-15-22)16-8-12-21-13-9-16/h4-15H,1-3H3/q+1. The third kappa shape index (κ3) is 2.91. The summed E-state index contributed by atoms with van der Waals surface area (Å²) in [7, 11) is 0. The van der Waals surface area contributed by atoms with E-state index in [4.69, 9.17) is 0 Å². The fourth-order valence-corrected chi connectivity index (χ4v) is 2.66. The molecule has 0 aliphatic carbocycles. The van der Waals surface area contributed by atoms with E-state index in [9.17, 15) is 0 Å². The Labute approximate surface area is 132 Å². The molecule has 2 nitrogen and oxygen atoms in total. The SMILES string of the molecule is CC(C)(C)c1ccccc1-[n+]1ccc(-c2ccncc2)cc1. The Kier molecular flexibility index (Phi) is 3.76. The van der Waals surface area contributed by atoms with Crippen molar-refractivity contribution in [2.24, 2.45) is 0 Å². The van der Waals surface area contributed by atoms with Gasteiger partial charge < -0.3 is 0 Å². The first-order chi connectivity index (χ1) is 10.6. The molecule has 0 fully saturated rings. The largest absolute Gasteiger partial charge is 0.265 e. The maximum Gasteiger partial charge on any atom is 0.214 e. The van der Waals surface area contributed by atoms with E-state index in [1.165, 1.54) is 22.4 Å². The maximum atomic E-state index is 4.07. The average molecular weight is 289 g/mol. The van der Waals surface area contributed by atoms with Gasteiger partial charge in [0.25, 0.3) is 0 Å². The summed E-state index contributed by atoms with van der Waals surface area (Å²) in [4.78, 5) is 4.07. The minimum atomic E-state index is 0.118. The molecule has 0 bridgehead atoms. The van der Waals surface area contributed by atoms with Crippen LogP contribution in [0, 0.1) is 0 Å². The first kappa shape index (κ1) is 14.5. The van der Waals surface area contributed by atoms with Crippen LogP contribution in [0.5, 0.6) is 0 Å². The number of para-hydroxylation sites is 1. The van der Waals surface area contributed by atoms with Crippen molar-refractivity contribution < 1.29 is 4.57 Å². The summed E-state index contributed by atoms with van der Waals surface area (Å²) < 4.78 is 2.19. The number of rotatable bonds is 2. The van der Waals surface area contributed by atoms with E-state index in [2.05, 4.69) is 79.1 Å². The normalized spacial score (nSPS) is 11.4. The number of nitrogens with zero attached hydrogens (tertiary/aromatic N) is 2. The monoisotopic (exact) mass is 289 g/mol. The summed E-state index contributed by atoms with van der Waals surface area (Å²) in [5.41, 5.74) is 5.08. The van der Waals surface area contributed by atoms with Crippen LogP contribution in [0.3, 0.4) is 0 Å². The minimum absolute atomic E-state index is 0.118. The molecule has 110 valence electrons. The van der Waals surface area contributed by atoms with Crippen molar-refractivity contribution in [2.75, 3.05) is 0 Å². The van der Waals surface area contributed by atoms with E-state index in [1.54, 1.807) is 0 Å². The van der Waals surface area contributed by atoms with Gasteiger partial charge in [-0.15, -0.1) is 0 Å². The zero-order chi connectivity index (χ0) is 15.6. The van der Waals surface area contributed by atoms with Crippen molar-refractivity contribution in [3.05, 3.63) is 78.9 Å². The van der Waals surface area contributed by atoms with E-state index < -0.39 is 0 Å². The Bertz CT molecular complexity index is 754. The van der Waals surface area contributed by atoms with Gasteiger partial charge in [-0.05, 0) is 28.7 Å². The highest BCUT2D eigenvalue weighted by Crippen LogP contribution is 2.26. The molecule has 0 atom stereocenters. The van der Waals surface area contributed by atoms with Gasteiger partial charge in [-0.1, -0.05) is 39.0 Å². The highest BCUT2D eigenvalue weighted by atomic mass is 14.9. The van der Waals surface area contributed by atoms with Crippen LogP contribution in [0.1, 0.15) is 26.3 Å². The zero-order valence-corrected chi connectivity index (χ0v) is 13.3. The van der Waals surface area contributed by atoms with Crippen molar-refractivity contribution in [2.45, 2.75) is 26.2 Å². The average Bonchev–Trinajstić information content (AvgIpc) is 2.55. The topological polar surface area (TPSA) is 16.8 Å². The van der Waals surface area contributed by atoms with Gasteiger partial charge in [0.1, 0.15) is 0 Å². The summed E-state index contributed by atoms with van der Waals surface area (Å²) in [6.07, 6.45) is 7.90. The number of hydrogen-bond donors (Lipinski definition) is 0. The molecule has 3 aromatic rings. The van der Waals surface area contributed by atoms with Crippen molar-refractivity contribution in [3.63, 3.8) is 0 Å². The number of benzene rings is 1. The van der Waals surface area contributed by atoms with Crippen LogP contribution in [-0.4, -0.2) is 4.98 Å². The van der Waals surface area contributed by atoms with Crippen LogP contribution in [0.2, 0.25) is 0 Å². The fourth-order valence-electron chi connectivity index (χ4n) is 2.66. The lowest BCUT2D eigenvalue weighted by atomic mass is 9.85. The number of aromatic nitrogens is 2. The van der Waals surface area contributed by atoms with E-state index in [1.807, 2.05) is 24.5 Å². The summed E-state index contributed by atoms with van der Waals surface area (Å²) in [6.45, 7) is 6.74. The molecule has 0 aliphatic rings. The van der Waals surface area contributed by atoms with Gasteiger partial charge in [0, 0.05) is 36.2 Å². The molecule has 0 saturated carbocycles. The predicted molar refractivity (Wildman–Crippen MR) is 89.9 cm³/mol. The Balaban J connectivity index is 2.01. The summed E-state index contributed by atoms with van der Waals surface area (Å²) in [5.74, 6) is 0. The van der Waals surface area contributed by atoms with E-state index in [0.29, 0.717) is 0 Å². The Morgan fingerprint density at radius 1 is 0.773 bits per heavy atom. The van der Waals surface area contributed by atoms with Crippen LogP contribution < -0.4 is 4.57 Å². The van der Waals surface area contributed by atoms with Gasteiger partial charge in [0.15, 0.2) is 12.4 Å². The van der Waals surface area contributed by atoms with Gasteiger partial charge in [-0.25, -0.2) is 0 Å². The van der Waals surface area contributed by atoms with Crippen molar-refractivity contribution in [1.82, 2.24) is 4.98 Å². The molecular weight excluding hydrogens is 268 g/mol. The molecule has 3 rings (SSSR count). The highest BCUT2D eigenvalue weighted by Gasteiger charge is 2.22. The molecule has 0 radical (unpaired) electrons. The Morgan fingerprint density at radius 3 is 2.00 bits per heavy atom.